The molecule has 33 heavy (non-hydrogen) atoms. The minimum absolute atomic E-state index is 0.203. The molecule has 0 saturated carbocycles. The van der Waals surface area contributed by atoms with E-state index < -0.39 is 0 Å². The smallest absolute Gasteiger partial charge is 0.257 e. The lowest BCUT2D eigenvalue weighted by Gasteiger charge is -2.11. The number of aromatic amines is 1. The Morgan fingerprint density at radius 2 is 1.82 bits per heavy atom. The van der Waals surface area contributed by atoms with E-state index in [4.69, 9.17) is 9.47 Å². The summed E-state index contributed by atoms with van der Waals surface area (Å²) < 4.78 is 10.9. The average Bonchev–Trinajstić information content (AvgIpc) is 3.51. The van der Waals surface area contributed by atoms with Crippen LogP contribution in [0, 0.1) is 0 Å². The first kappa shape index (κ1) is 19.0. The number of carbonyl (C=O) groups excluding carboxylic acids is 1. The minimum atomic E-state index is -0.263. The highest BCUT2D eigenvalue weighted by Crippen LogP contribution is 2.38. The molecule has 1 aliphatic heterocycles. The molecule has 8 heteroatoms. The summed E-state index contributed by atoms with van der Waals surface area (Å²) in [5.74, 6) is 1.11. The third-order valence-corrected chi connectivity index (χ3v) is 5.52. The SMILES string of the molecule is O=C(Nc1cnccc1-c1ccc2c(c1)OCO2)c1c[nH]c2ncc(-c3cccnc3)cc12. The molecular formula is C25H17N5O3. The van der Waals surface area contributed by atoms with Crippen molar-refractivity contribution in [2.45, 2.75) is 0 Å². The van der Waals surface area contributed by atoms with Crippen LogP contribution in [-0.2, 0) is 0 Å². The molecule has 0 fully saturated rings. The zero-order valence-corrected chi connectivity index (χ0v) is 17.3. The standard InChI is InChI=1S/C25H17N5O3/c31-25(20-12-29-24-19(20)8-17(11-28-24)16-2-1-6-26-10-16)30-21-13-27-7-5-18(21)15-3-4-22-23(9-15)33-14-32-22/h1-13H,14H2,(H,28,29)(H,30,31). The van der Waals surface area contributed by atoms with Gasteiger partial charge < -0.3 is 19.8 Å². The second-order valence-corrected chi connectivity index (χ2v) is 7.51. The van der Waals surface area contributed by atoms with Crippen LogP contribution in [0.2, 0.25) is 0 Å². The molecule has 5 heterocycles. The second-order valence-electron chi connectivity index (χ2n) is 7.51. The molecular weight excluding hydrogens is 418 g/mol. The normalized spacial score (nSPS) is 12.1. The molecule has 0 saturated heterocycles. The van der Waals surface area contributed by atoms with Gasteiger partial charge in [-0.2, -0.15) is 0 Å². The van der Waals surface area contributed by atoms with Gasteiger partial charge in [-0.05, 0) is 35.9 Å². The van der Waals surface area contributed by atoms with Crippen molar-refractivity contribution in [1.82, 2.24) is 19.9 Å². The van der Waals surface area contributed by atoms with Gasteiger partial charge >= 0.3 is 0 Å². The lowest BCUT2D eigenvalue weighted by molar-refractivity contribution is 0.102. The monoisotopic (exact) mass is 435 g/mol. The minimum Gasteiger partial charge on any atom is -0.454 e. The van der Waals surface area contributed by atoms with Gasteiger partial charge in [-0.15, -0.1) is 0 Å². The maximum atomic E-state index is 13.3. The lowest BCUT2D eigenvalue weighted by Crippen LogP contribution is -2.12. The van der Waals surface area contributed by atoms with Crippen LogP contribution in [-0.4, -0.2) is 32.6 Å². The average molecular weight is 435 g/mol. The van der Waals surface area contributed by atoms with Crippen molar-refractivity contribution < 1.29 is 14.3 Å². The Balaban J connectivity index is 1.34. The first-order valence-corrected chi connectivity index (χ1v) is 10.3. The molecule has 4 aromatic heterocycles. The number of aromatic nitrogens is 4. The van der Waals surface area contributed by atoms with Gasteiger partial charge in [0.15, 0.2) is 11.5 Å². The molecule has 0 unspecified atom stereocenters. The van der Waals surface area contributed by atoms with Crippen molar-refractivity contribution in [1.29, 1.82) is 0 Å². The molecule has 1 aliphatic rings. The van der Waals surface area contributed by atoms with Gasteiger partial charge in [-0.25, -0.2) is 4.98 Å². The van der Waals surface area contributed by atoms with Crippen molar-refractivity contribution in [2.75, 3.05) is 12.1 Å². The van der Waals surface area contributed by atoms with Crippen molar-refractivity contribution in [2.24, 2.45) is 0 Å². The molecule has 0 bridgehead atoms. The van der Waals surface area contributed by atoms with Crippen molar-refractivity contribution in [3.8, 4) is 33.8 Å². The topological polar surface area (TPSA) is 102 Å². The van der Waals surface area contributed by atoms with Crippen LogP contribution in [0.3, 0.4) is 0 Å². The molecule has 0 radical (unpaired) electrons. The van der Waals surface area contributed by atoms with Gasteiger partial charge in [-0.3, -0.25) is 14.8 Å². The van der Waals surface area contributed by atoms with Gasteiger partial charge in [0.1, 0.15) is 5.65 Å². The Morgan fingerprint density at radius 3 is 2.73 bits per heavy atom. The van der Waals surface area contributed by atoms with E-state index in [0.29, 0.717) is 28.4 Å². The van der Waals surface area contributed by atoms with Crippen LogP contribution < -0.4 is 14.8 Å². The third-order valence-electron chi connectivity index (χ3n) is 5.52. The Kier molecular flexibility index (Phi) is 4.47. The number of benzene rings is 1. The summed E-state index contributed by atoms with van der Waals surface area (Å²) in [5.41, 5.74) is 5.23. The first-order valence-electron chi connectivity index (χ1n) is 10.3. The van der Waals surface area contributed by atoms with Crippen LogP contribution in [0.25, 0.3) is 33.3 Å². The van der Waals surface area contributed by atoms with E-state index in [-0.39, 0.29) is 12.7 Å². The summed E-state index contributed by atoms with van der Waals surface area (Å²) in [6.45, 7) is 0.203. The molecule has 0 spiro atoms. The summed E-state index contributed by atoms with van der Waals surface area (Å²) in [6, 6.07) is 13.3. The van der Waals surface area contributed by atoms with E-state index in [1.54, 1.807) is 37.2 Å². The summed E-state index contributed by atoms with van der Waals surface area (Å²) in [7, 11) is 0. The number of fused-ring (bicyclic) bond motifs is 2. The molecule has 0 atom stereocenters. The third kappa shape index (κ3) is 3.43. The number of nitrogens with one attached hydrogen (secondary N) is 2. The lowest BCUT2D eigenvalue weighted by atomic mass is 10.0. The van der Waals surface area contributed by atoms with Crippen LogP contribution in [0.1, 0.15) is 10.4 Å². The van der Waals surface area contributed by atoms with Gasteiger partial charge in [0, 0.05) is 53.1 Å². The van der Waals surface area contributed by atoms with E-state index in [0.717, 1.165) is 27.6 Å². The highest BCUT2D eigenvalue weighted by molar-refractivity contribution is 6.13. The van der Waals surface area contributed by atoms with Gasteiger partial charge in [0.05, 0.1) is 17.4 Å². The van der Waals surface area contributed by atoms with Gasteiger partial charge in [-0.1, -0.05) is 12.1 Å². The van der Waals surface area contributed by atoms with Gasteiger partial charge in [0.2, 0.25) is 6.79 Å². The molecule has 1 amide bonds. The van der Waals surface area contributed by atoms with Gasteiger partial charge in [0.25, 0.3) is 5.91 Å². The summed E-state index contributed by atoms with van der Waals surface area (Å²) in [6.07, 6.45) is 10.2. The number of carbonyl (C=O) groups is 1. The summed E-state index contributed by atoms with van der Waals surface area (Å²) in [5, 5.41) is 3.72. The summed E-state index contributed by atoms with van der Waals surface area (Å²) in [4.78, 5) is 29.2. The highest BCUT2D eigenvalue weighted by Gasteiger charge is 2.18. The Morgan fingerprint density at radius 1 is 0.909 bits per heavy atom. The van der Waals surface area contributed by atoms with Crippen LogP contribution in [0.4, 0.5) is 5.69 Å². The Bertz CT molecular complexity index is 1500. The fourth-order valence-electron chi connectivity index (χ4n) is 3.88. The van der Waals surface area contributed by atoms with Crippen LogP contribution in [0.15, 0.2) is 79.6 Å². The zero-order chi connectivity index (χ0) is 22.2. The van der Waals surface area contributed by atoms with Crippen LogP contribution >= 0.6 is 0 Å². The maximum Gasteiger partial charge on any atom is 0.257 e. The van der Waals surface area contributed by atoms with E-state index in [9.17, 15) is 4.79 Å². The fourth-order valence-corrected chi connectivity index (χ4v) is 3.88. The number of hydrogen-bond donors (Lipinski definition) is 2. The first-order chi connectivity index (χ1) is 16.3. The van der Waals surface area contributed by atoms with Crippen LogP contribution in [0.5, 0.6) is 11.5 Å². The highest BCUT2D eigenvalue weighted by atomic mass is 16.7. The molecule has 5 aromatic rings. The molecule has 160 valence electrons. The quantitative estimate of drug-likeness (QED) is 0.425. The maximum absolute atomic E-state index is 13.3. The number of pyridine rings is 3. The predicted molar refractivity (Wildman–Crippen MR) is 123 cm³/mol. The Hall–Kier alpha value is -4.72. The number of rotatable bonds is 4. The zero-order valence-electron chi connectivity index (χ0n) is 17.3. The molecule has 0 aliphatic carbocycles. The van der Waals surface area contributed by atoms with E-state index in [1.807, 2.05) is 42.5 Å². The number of hydrogen-bond acceptors (Lipinski definition) is 6. The Labute approximate surface area is 188 Å². The fraction of sp³-hybridized carbons (Fsp3) is 0.0400. The summed E-state index contributed by atoms with van der Waals surface area (Å²) >= 11 is 0. The predicted octanol–water partition coefficient (Wildman–Crippen LogP) is 4.67. The van der Waals surface area contributed by atoms with E-state index >= 15 is 0 Å². The number of H-pyrrole nitrogens is 1. The van der Waals surface area contributed by atoms with E-state index in [2.05, 4.69) is 25.3 Å². The molecule has 8 nitrogen and oxygen atoms in total. The number of ether oxygens (including phenoxy) is 2. The number of anilines is 1. The second kappa shape index (κ2) is 7.76. The van der Waals surface area contributed by atoms with E-state index in [1.165, 1.54) is 0 Å². The van der Waals surface area contributed by atoms with Crippen molar-refractivity contribution in [3.63, 3.8) is 0 Å². The number of amides is 1. The number of nitrogens with zero attached hydrogens (tertiary/aromatic N) is 3. The largest absolute Gasteiger partial charge is 0.454 e. The molecule has 1 aromatic carbocycles. The molecule has 2 N–H and O–H groups in total. The van der Waals surface area contributed by atoms with Crippen molar-refractivity contribution in [3.05, 3.63) is 85.2 Å². The molecule has 6 rings (SSSR count). The van der Waals surface area contributed by atoms with Crippen molar-refractivity contribution >= 4 is 22.6 Å².